The molecule has 8 heteroatoms. The molecule has 0 atom stereocenters. The molecule has 20 heavy (non-hydrogen) atoms. The van der Waals surface area contributed by atoms with E-state index in [-0.39, 0.29) is 29.2 Å². The molecular formula is C12H14ClN3O4. The van der Waals surface area contributed by atoms with Gasteiger partial charge in [-0.2, -0.15) is 0 Å². The number of carboxylic acid groups (broad SMARTS) is 1. The Labute approximate surface area is 120 Å². The van der Waals surface area contributed by atoms with Crippen LogP contribution in [-0.4, -0.2) is 29.6 Å². The lowest BCUT2D eigenvalue weighted by molar-refractivity contribution is -0.118. The number of anilines is 1. The number of aromatic carboxylic acids is 1. The van der Waals surface area contributed by atoms with E-state index < -0.39 is 17.9 Å². The second-order valence-corrected chi connectivity index (χ2v) is 4.38. The van der Waals surface area contributed by atoms with Crippen LogP contribution in [0, 0.1) is 0 Å². The maximum Gasteiger partial charge on any atom is 0.337 e. The van der Waals surface area contributed by atoms with Crippen LogP contribution < -0.4 is 16.4 Å². The van der Waals surface area contributed by atoms with Crippen molar-refractivity contribution < 1.29 is 19.5 Å². The number of urea groups is 1. The number of benzene rings is 1. The Bertz CT molecular complexity index is 533. The molecule has 7 nitrogen and oxygen atoms in total. The topological polar surface area (TPSA) is 122 Å². The van der Waals surface area contributed by atoms with Gasteiger partial charge in [0.25, 0.3) is 0 Å². The van der Waals surface area contributed by atoms with Crippen LogP contribution in [0.3, 0.4) is 0 Å². The number of carbonyl (C=O) groups is 3. The molecule has 0 aliphatic rings. The van der Waals surface area contributed by atoms with E-state index >= 15 is 0 Å². The standard InChI is InChI=1S/C12H14ClN3O4/c13-7-3-4-9(8(6-7)11(18)19)16-12(20)15-5-1-2-10(14)17/h3-4,6H,1-2,5H2,(H2,14,17)(H,18,19)(H2,15,16,20). The first kappa shape index (κ1) is 15.8. The fourth-order valence-corrected chi connectivity index (χ4v) is 1.61. The fourth-order valence-electron chi connectivity index (χ4n) is 1.43. The van der Waals surface area contributed by atoms with E-state index in [2.05, 4.69) is 10.6 Å². The molecule has 0 saturated carbocycles. The van der Waals surface area contributed by atoms with Crippen LogP contribution in [-0.2, 0) is 4.79 Å². The molecule has 0 aromatic heterocycles. The van der Waals surface area contributed by atoms with E-state index in [1.54, 1.807) is 0 Å². The molecule has 0 saturated heterocycles. The quantitative estimate of drug-likeness (QED) is 0.593. The number of carbonyl (C=O) groups excluding carboxylic acids is 2. The Morgan fingerprint density at radius 3 is 2.60 bits per heavy atom. The number of hydrogen-bond donors (Lipinski definition) is 4. The Morgan fingerprint density at radius 1 is 1.30 bits per heavy atom. The average molecular weight is 300 g/mol. The molecule has 0 bridgehead atoms. The first-order valence-corrected chi connectivity index (χ1v) is 6.14. The molecule has 108 valence electrons. The van der Waals surface area contributed by atoms with Gasteiger partial charge in [-0.05, 0) is 24.6 Å². The molecule has 0 spiro atoms. The smallest absolute Gasteiger partial charge is 0.337 e. The van der Waals surface area contributed by atoms with Gasteiger partial charge in [-0.25, -0.2) is 9.59 Å². The van der Waals surface area contributed by atoms with Gasteiger partial charge in [-0.15, -0.1) is 0 Å². The van der Waals surface area contributed by atoms with Crippen molar-refractivity contribution in [2.24, 2.45) is 5.73 Å². The molecule has 0 heterocycles. The van der Waals surface area contributed by atoms with E-state index in [4.69, 9.17) is 22.4 Å². The van der Waals surface area contributed by atoms with Gasteiger partial charge in [0.2, 0.25) is 5.91 Å². The summed E-state index contributed by atoms with van der Waals surface area (Å²) in [7, 11) is 0. The van der Waals surface area contributed by atoms with Crippen molar-refractivity contribution in [3.05, 3.63) is 28.8 Å². The van der Waals surface area contributed by atoms with Gasteiger partial charge in [0, 0.05) is 18.0 Å². The second kappa shape index (κ2) is 7.34. The first-order chi connectivity index (χ1) is 9.40. The first-order valence-electron chi connectivity index (χ1n) is 5.76. The highest BCUT2D eigenvalue weighted by Gasteiger charge is 2.12. The maximum absolute atomic E-state index is 11.6. The van der Waals surface area contributed by atoms with Crippen molar-refractivity contribution >= 4 is 35.2 Å². The van der Waals surface area contributed by atoms with E-state index in [0.29, 0.717) is 6.42 Å². The molecule has 0 aliphatic carbocycles. The Kier molecular flexibility index (Phi) is 5.79. The highest BCUT2D eigenvalue weighted by molar-refractivity contribution is 6.31. The van der Waals surface area contributed by atoms with Gasteiger partial charge in [0.05, 0.1) is 11.3 Å². The van der Waals surface area contributed by atoms with Crippen molar-refractivity contribution in [2.45, 2.75) is 12.8 Å². The number of amides is 3. The van der Waals surface area contributed by atoms with Gasteiger partial charge >= 0.3 is 12.0 Å². The van der Waals surface area contributed by atoms with Gasteiger partial charge in [-0.3, -0.25) is 4.79 Å². The summed E-state index contributed by atoms with van der Waals surface area (Å²) in [6.45, 7) is 0.255. The van der Waals surface area contributed by atoms with Crippen molar-refractivity contribution in [3.8, 4) is 0 Å². The summed E-state index contributed by atoms with van der Waals surface area (Å²) in [5, 5.41) is 14.1. The molecule has 5 N–H and O–H groups in total. The number of halogens is 1. The van der Waals surface area contributed by atoms with Crippen LogP contribution in [0.5, 0.6) is 0 Å². The van der Waals surface area contributed by atoms with E-state index in [9.17, 15) is 14.4 Å². The number of nitrogens with one attached hydrogen (secondary N) is 2. The molecule has 0 fully saturated rings. The van der Waals surface area contributed by atoms with E-state index in [1.807, 2.05) is 0 Å². The molecule has 1 rings (SSSR count). The Balaban J connectivity index is 2.57. The van der Waals surface area contributed by atoms with E-state index in [0.717, 1.165) is 0 Å². The summed E-state index contributed by atoms with van der Waals surface area (Å²) in [6, 6.07) is 3.54. The van der Waals surface area contributed by atoms with Crippen LogP contribution in [0.2, 0.25) is 5.02 Å². The summed E-state index contributed by atoms with van der Waals surface area (Å²) >= 11 is 5.69. The van der Waals surface area contributed by atoms with Gasteiger partial charge in [0.15, 0.2) is 0 Å². The molecule has 0 radical (unpaired) electrons. The van der Waals surface area contributed by atoms with Crippen LogP contribution in [0.1, 0.15) is 23.2 Å². The number of nitrogens with two attached hydrogens (primary N) is 1. The number of carboxylic acids is 1. The highest BCUT2D eigenvalue weighted by atomic mass is 35.5. The SMILES string of the molecule is NC(=O)CCCNC(=O)Nc1ccc(Cl)cc1C(=O)O. The Morgan fingerprint density at radius 2 is 2.00 bits per heavy atom. The van der Waals surface area contributed by atoms with Crippen LogP contribution in [0.4, 0.5) is 10.5 Å². The summed E-state index contributed by atoms with van der Waals surface area (Å²) in [6.07, 6.45) is 0.580. The zero-order valence-electron chi connectivity index (χ0n) is 10.5. The monoisotopic (exact) mass is 299 g/mol. The van der Waals surface area contributed by atoms with Crippen LogP contribution in [0.25, 0.3) is 0 Å². The third kappa shape index (κ3) is 5.15. The van der Waals surface area contributed by atoms with Gasteiger partial charge in [0.1, 0.15) is 0 Å². The lowest BCUT2D eigenvalue weighted by Crippen LogP contribution is -2.30. The number of hydrogen-bond acceptors (Lipinski definition) is 3. The van der Waals surface area contributed by atoms with Crippen molar-refractivity contribution in [3.63, 3.8) is 0 Å². The fraction of sp³-hybridized carbons (Fsp3) is 0.250. The average Bonchev–Trinajstić information content (AvgIpc) is 2.36. The largest absolute Gasteiger partial charge is 0.478 e. The van der Waals surface area contributed by atoms with Crippen molar-refractivity contribution in [1.29, 1.82) is 0 Å². The van der Waals surface area contributed by atoms with Gasteiger partial charge in [-0.1, -0.05) is 11.6 Å². The van der Waals surface area contributed by atoms with Crippen molar-refractivity contribution in [1.82, 2.24) is 5.32 Å². The minimum atomic E-state index is -1.20. The molecule has 1 aromatic carbocycles. The zero-order chi connectivity index (χ0) is 15.1. The minimum Gasteiger partial charge on any atom is -0.478 e. The summed E-state index contributed by atoms with van der Waals surface area (Å²) in [4.78, 5) is 33.1. The highest BCUT2D eigenvalue weighted by Crippen LogP contribution is 2.20. The lowest BCUT2D eigenvalue weighted by atomic mass is 10.2. The number of rotatable bonds is 6. The molecule has 0 aliphatic heterocycles. The molecule has 3 amide bonds. The normalized spacial score (nSPS) is 9.85. The predicted octanol–water partition coefficient (Wildman–Crippen LogP) is 1.43. The van der Waals surface area contributed by atoms with Gasteiger partial charge < -0.3 is 21.5 Å². The molecule has 1 aromatic rings. The lowest BCUT2D eigenvalue weighted by Gasteiger charge is -2.10. The Hall–Kier alpha value is -2.28. The van der Waals surface area contributed by atoms with Crippen LogP contribution in [0.15, 0.2) is 18.2 Å². The van der Waals surface area contributed by atoms with Crippen LogP contribution >= 0.6 is 11.6 Å². The summed E-state index contributed by atoms with van der Waals surface area (Å²) in [5.74, 6) is -1.64. The predicted molar refractivity (Wildman–Crippen MR) is 73.9 cm³/mol. The summed E-state index contributed by atoms with van der Waals surface area (Å²) in [5.41, 5.74) is 4.98. The second-order valence-electron chi connectivity index (χ2n) is 3.95. The molecular weight excluding hydrogens is 286 g/mol. The van der Waals surface area contributed by atoms with E-state index in [1.165, 1.54) is 18.2 Å². The third-order valence-electron chi connectivity index (χ3n) is 2.35. The minimum absolute atomic E-state index is 0.107. The third-order valence-corrected chi connectivity index (χ3v) is 2.58. The maximum atomic E-state index is 11.6. The molecule has 0 unspecified atom stereocenters. The number of primary amides is 1. The zero-order valence-corrected chi connectivity index (χ0v) is 11.2. The van der Waals surface area contributed by atoms with Crippen molar-refractivity contribution in [2.75, 3.05) is 11.9 Å². The summed E-state index contributed by atoms with van der Waals surface area (Å²) < 4.78 is 0.